The average Bonchev–Trinajstić information content (AvgIpc) is 1.51. The van der Waals surface area contributed by atoms with Crippen molar-refractivity contribution in [2.75, 3.05) is 10.2 Å². The van der Waals surface area contributed by atoms with E-state index in [-0.39, 0.29) is 0 Å². The third-order valence-corrected chi connectivity index (χ3v) is 31.8. The van der Waals surface area contributed by atoms with Crippen molar-refractivity contribution < 1.29 is 0 Å². The lowest BCUT2D eigenvalue weighted by atomic mass is 9.70. The molecule has 2 spiro atoms. The summed E-state index contributed by atoms with van der Waals surface area (Å²) in [6.07, 6.45) is 0. The minimum atomic E-state index is -0.520. The van der Waals surface area contributed by atoms with Crippen LogP contribution in [-0.2, 0) is 10.8 Å². The smallest absolute Gasteiger partial charge is 0.0726 e. The summed E-state index contributed by atoms with van der Waals surface area (Å²) in [6.45, 7) is 0. The quantitative estimate of drug-likeness (QED) is 0.130. The molecule has 4 aliphatic carbocycles. The molecule has 0 radical (unpaired) electrons. The van der Waals surface area contributed by atoms with E-state index in [4.69, 9.17) is 0 Å². The van der Waals surface area contributed by atoms with Crippen LogP contribution in [0.2, 0.25) is 0 Å². The van der Waals surface area contributed by atoms with Crippen molar-refractivity contribution in [3.8, 4) is 111 Å². The molecule has 0 atom stereocenters. The van der Waals surface area contributed by atoms with Gasteiger partial charge in [0.05, 0.1) is 16.5 Å². The van der Waals surface area contributed by atoms with Gasteiger partial charge in [0.1, 0.15) is 0 Å². The maximum Gasteiger partial charge on any atom is 0.0726 e. The molecule has 0 amide bonds. The Morgan fingerprint density at radius 1 is 0.159 bits per heavy atom. The number of nitrogens with zero attached hydrogens (tertiary/aromatic N) is 1. The number of fused-ring (bicyclic) bond motifs is 34. The lowest BCUT2D eigenvalue weighted by Crippen LogP contribution is -2.26. The van der Waals surface area contributed by atoms with Gasteiger partial charge in [-0.3, -0.25) is 0 Å². The lowest BCUT2D eigenvalue weighted by molar-refractivity contribution is 0.794. The summed E-state index contributed by atoms with van der Waals surface area (Å²) in [7, 11) is 0. The summed E-state index contributed by atoms with van der Waals surface area (Å²) >= 11 is 3.46. The zero-order valence-corrected chi connectivity index (χ0v) is 80.9. The zero-order valence-electron chi connectivity index (χ0n) is 79.3. The number of halogens is 1. The molecular formula is C142H91BrN2. The summed E-state index contributed by atoms with van der Waals surface area (Å²) in [5, 5.41) is 24.3. The van der Waals surface area contributed by atoms with Crippen molar-refractivity contribution in [1.29, 1.82) is 0 Å². The van der Waals surface area contributed by atoms with Crippen LogP contribution in [0.15, 0.2) is 550 Å². The van der Waals surface area contributed by atoms with Crippen LogP contribution in [0, 0.1) is 0 Å². The Kier molecular flexibility index (Phi) is 20.3. The van der Waals surface area contributed by atoms with Gasteiger partial charge in [-0.05, 0) is 316 Å². The molecule has 3 heteroatoms. The highest BCUT2D eigenvalue weighted by atomic mass is 79.9. The molecule has 26 aromatic carbocycles. The molecule has 1 N–H and O–H groups in total. The van der Waals surface area contributed by atoms with Gasteiger partial charge in [-0.15, -0.1) is 0 Å². The standard InChI is InChI=1S/C71H45N.C55H35N.C16H11Br/c1-2-16-46(17-3-1)48-30-33-50(34-31-48)63-44-65-62-26-12-15-29-68(62)71(66-27-13-10-24-60(66)61-25-11-14-28-67(61)71)69(65)45-70(63)72(53-38-36-49(37-39-53)52-35-32-47-18-4-5-19-51(47)42-52)54-40-41-59-57-22-7-6-20-55(57)56-21-8-9-23-58(56)64(59)43-54;1-2-14-35(15-3-1)36-26-28-37(29-27-36)47-33-49-46-22-10-13-25-52(46)55(50-23-11-8-20-44(50)45-21-9-12-24-51(45)55)53(49)34-54(47)56-38-30-31-43-41-18-5-4-16-39(41)40-17-6-7-19-42(40)48(43)32-38;17-16-9-7-13(8-10-16)15-6-5-12-3-1-2-4-14(12)11-15/h1-45H;1-34,56H;1-11H. The topological polar surface area (TPSA) is 15.3 Å². The predicted octanol–water partition coefficient (Wildman–Crippen LogP) is 39.0. The van der Waals surface area contributed by atoms with Crippen molar-refractivity contribution >= 4 is 131 Å². The van der Waals surface area contributed by atoms with Gasteiger partial charge in [-0.2, -0.15) is 0 Å². The van der Waals surface area contributed by atoms with Gasteiger partial charge in [0.15, 0.2) is 0 Å². The van der Waals surface area contributed by atoms with Crippen LogP contribution in [0.4, 0.5) is 28.4 Å². The Hall–Kier alpha value is -18.1. The van der Waals surface area contributed by atoms with E-state index in [1.807, 2.05) is 0 Å². The summed E-state index contributed by atoms with van der Waals surface area (Å²) < 4.78 is 1.11. The molecule has 0 fully saturated rings. The van der Waals surface area contributed by atoms with Gasteiger partial charge in [0, 0.05) is 38.3 Å². The summed E-state index contributed by atoms with van der Waals surface area (Å²) in [5.74, 6) is 0. The van der Waals surface area contributed by atoms with Crippen LogP contribution in [0.5, 0.6) is 0 Å². The van der Waals surface area contributed by atoms with E-state index >= 15 is 0 Å². The van der Waals surface area contributed by atoms with Crippen molar-refractivity contribution in [2.45, 2.75) is 10.8 Å². The molecule has 0 aliphatic heterocycles. The van der Waals surface area contributed by atoms with Gasteiger partial charge in [-0.1, -0.05) is 477 Å². The SMILES string of the molecule is Brc1ccc(-c2ccc3ccccc3c2)cc1.c1ccc(-c2ccc(-c3cc4c(cc3N(c3ccc(-c5ccc6ccccc6c5)cc3)c3ccc5c6ccccc6c6ccccc6c5c3)C3(c5ccccc5-c5ccccc53)c3ccccc3-4)cc2)cc1.c1ccc(-c2ccc(-c3cc4c(cc3Nc3ccc5c6ccccc6c6ccccc6c5c3)C3(c5ccccc5-c5ccccc53)c3ccccc3-4)cc2)cc1. The Labute approximate surface area is 851 Å². The fourth-order valence-electron chi connectivity index (χ4n) is 24.8. The molecule has 0 saturated heterocycles. The fraction of sp³-hybridized carbons (Fsp3) is 0.0141. The van der Waals surface area contributed by atoms with Gasteiger partial charge in [0.2, 0.25) is 0 Å². The van der Waals surface area contributed by atoms with Gasteiger partial charge >= 0.3 is 0 Å². The first kappa shape index (κ1) is 84.9. The fourth-order valence-corrected chi connectivity index (χ4v) is 25.0. The third-order valence-electron chi connectivity index (χ3n) is 31.2. The number of rotatable bonds is 11. The highest BCUT2D eigenvalue weighted by Crippen LogP contribution is 2.67. The van der Waals surface area contributed by atoms with E-state index in [9.17, 15) is 0 Å². The molecule has 145 heavy (non-hydrogen) atoms. The van der Waals surface area contributed by atoms with Crippen LogP contribution >= 0.6 is 15.9 Å². The summed E-state index contributed by atoms with van der Waals surface area (Å²) in [6, 6.07) is 202. The van der Waals surface area contributed by atoms with Crippen molar-refractivity contribution in [1.82, 2.24) is 0 Å². The molecular weight excluding hydrogens is 1810 g/mol. The van der Waals surface area contributed by atoms with Crippen molar-refractivity contribution in [3.05, 3.63) is 595 Å². The summed E-state index contributed by atoms with van der Waals surface area (Å²) in [5.41, 5.74) is 39.9. The maximum atomic E-state index is 4.03. The molecule has 0 unspecified atom stereocenters. The monoisotopic (exact) mass is 1900 g/mol. The van der Waals surface area contributed by atoms with Gasteiger partial charge < -0.3 is 10.2 Å². The van der Waals surface area contributed by atoms with Crippen LogP contribution in [0.3, 0.4) is 0 Å². The van der Waals surface area contributed by atoms with Crippen LogP contribution in [0.1, 0.15) is 44.5 Å². The Bertz CT molecular complexity index is 9560. The van der Waals surface area contributed by atoms with E-state index in [0.717, 1.165) is 38.5 Å². The molecule has 26 aromatic rings. The average molecular weight is 1910 g/mol. The van der Waals surface area contributed by atoms with E-state index in [2.05, 4.69) is 572 Å². The van der Waals surface area contributed by atoms with Crippen LogP contribution in [0.25, 0.3) is 197 Å². The molecule has 676 valence electrons. The molecule has 4 aliphatic rings. The van der Waals surface area contributed by atoms with E-state index in [1.54, 1.807) is 0 Å². The largest absolute Gasteiger partial charge is 0.355 e. The lowest BCUT2D eigenvalue weighted by Gasteiger charge is -2.33. The summed E-state index contributed by atoms with van der Waals surface area (Å²) in [4.78, 5) is 2.54. The third kappa shape index (κ3) is 13.8. The molecule has 0 aromatic heterocycles. The minimum absolute atomic E-state index is 0.427. The number of hydrogen-bond donors (Lipinski definition) is 1. The highest BCUT2D eigenvalue weighted by molar-refractivity contribution is 9.10. The van der Waals surface area contributed by atoms with Crippen molar-refractivity contribution in [2.24, 2.45) is 0 Å². The molecule has 2 nitrogen and oxygen atoms in total. The number of nitrogens with one attached hydrogen (secondary N) is 1. The molecule has 30 rings (SSSR count). The highest BCUT2D eigenvalue weighted by Gasteiger charge is 2.54. The minimum Gasteiger partial charge on any atom is -0.355 e. The zero-order chi connectivity index (χ0) is 95.8. The Balaban J connectivity index is 0.000000123. The van der Waals surface area contributed by atoms with E-state index in [1.165, 1.54) is 236 Å². The Morgan fingerprint density at radius 3 is 0.862 bits per heavy atom. The first-order valence-corrected chi connectivity index (χ1v) is 50.9. The normalized spacial score (nSPS) is 12.7. The predicted molar refractivity (Wildman–Crippen MR) is 617 cm³/mol. The van der Waals surface area contributed by atoms with E-state index < -0.39 is 10.8 Å². The maximum absolute atomic E-state index is 4.03. The van der Waals surface area contributed by atoms with Crippen molar-refractivity contribution in [3.63, 3.8) is 0 Å². The van der Waals surface area contributed by atoms with Gasteiger partial charge in [0.25, 0.3) is 0 Å². The second-order valence-electron chi connectivity index (χ2n) is 38.8. The number of hydrogen-bond acceptors (Lipinski definition) is 2. The number of benzene rings is 26. The molecule has 0 bridgehead atoms. The second kappa shape index (κ2) is 34.7. The first-order valence-electron chi connectivity index (χ1n) is 50.2. The first-order chi connectivity index (χ1) is 71.8. The van der Waals surface area contributed by atoms with Crippen LogP contribution in [-0.4, -0.2) is 0 Å². The van der Waals surface area contributed by atoms with E-state index in [0.29, 0.717) is 0 Å². The number of anilines is 5. The van der Waals surface area contributed by atoms with Crippen LogP contribution < -0.4 is 10.2 Å². The molecule has 0 saturated carbocycles. The molecule has 0 heterocycles. The second-order valence-corrected chi connectivity index (χ2v) is 39.7. The Morgan fingerprint density at radius 2 is 0.441 bits per heavy atom. The van der Waals surface area contributed by atoms with Gasteiger partial charge in [-0.25, -0.2) is 0 Å².